The van der Waals surface area contributed by atoms with Crippen molar-refractivity contribution in [2.45, 2.75) is 34.1 Å². The van der Waals surface area contributed by atoms with E-state index in [-0.39, 0.29) is 21.4 Å². The molecule has 9 heteroatoms. The standard InChI is InChI=1S/C18H15ClFNO4S2/c1-11(2)26(22)18-17(27(23,24)15-8-6-13(19)7-9-15)21-16(25-18)12-4-3-5-14(20)10-12/h3-11H,1-2H3. The minimum atomic E-state index is -4.11. The molecule has 1 atom stereocenters. The monoisotopic (exact) mass is 427 g/mol. The van der Waals surface area contributed by atoms with Crippen LogP contribution >= 0.6 is 11.6 Å². The first-order chi connectivity index (χ1) is 12.7. The lowest BCUT2D eigenvalue weighted by molar-refractivity contribution is 0.442. The van der Waals surface area contributed by atoms with E-state index in [0.717, 1.165) is 6.07 Å². The third-order valence-corrected chi connectivity index (χ3v) is 7.19. The van der Waals surface area contributed by atoms with Gasteiger partial charge in [-0.25, -0.2) is 12.8 Å². The first kappa shape index (κ1) is 19.9. The van der Waals surface area contributed by atoms with Gasteiger partial charge in [0.2, 0.25) is 15.7 Å². The Labute approximate surface area is 164 Å². The molecule has 2 aromatic carbocycles. The summed E-state index contributed by atoms with van der Waals surface area (Å²) < 4.78 is 57.7. The van der Waals surface area contributed by atoms with E-state index in [1.54, 1.807) is 13.8 Å². The smallest absolute Gasteiger partial charge is 0.351 e. The van der Waals surface area contributed by atoms with Gasteiger partial charge in [0, 0.05) is 21.8 Å². The van der Waals surface area contributed by atoms with Crippen LogP contribution in [0.4, 0.5) is 4.39 Å². The van der Waals surface area contributed by atoms with Crippen molar-refractivity contribution >= 4 is 32.6 Å². The van der Waals surface area contributed by atoms with Crippen LogP contribution in [-0.2, 0) is 21.0 Å². The number of halogens is 2. The van der Waals surface area contributed by atoms with Gasteiger partial charge in [0.1, 0.15) is 11.1 Å². The van der Waals surface area contributed by atoms with Gasteiger partial charge in [0.05, 0.1) is 4.90 Å². The Kier molecular flexibility index (Phi) is 5.62. The second kappa shape index (κ2) is 7.63. The summed E-state index contributed by atoms with van der Waals surface area (Å²) in [5, 5.41) is -0.742. The van der Waals surface area contributed by atoms with E-state index in [2.05, 4.69) is 4.98 Å². The minimum absolute atomic E-state index is 0.0620. The van der Waals surface area contributed by atoms with Gasteiger partial charge in [-0.05, 0) is 56.3 Å². The van der Waals surface area contributed by atoms with Crippen LogP contribution in [-0.4, -0.2) is 23.2 Å². The van der Waals surface area contributed by atoms with Gasteiger partial charge < -0.3 is 8.97 Å². The summed E-state index contributed by atoms with van der Waals surface area (Å²) in [5.41, 5.74) is 0.245. The van der Waals surface area contributed by atoms with Crippen LogP contribution in [0.2, 0.25) is 5.02 Å². The maximum Gasteiger partial charge on any atom is 0.351 e. The Hall–Kier alpha value is -1.87. The average Bonchev–Trinajstić information content (AvgIpc) is 3.07. The van der Waals surface area contributed by atoms with Crippen LogP contribution in [0.25, 0.3) is 11.5 Å². The Morgan fingerprint density at radius 1 is 1.19 bits per heavy atom. The minimum Gasteiger partial charge on any atom is -0.609 e. The van der Waals surface area contributed by atoms with Crippen molar-refractivity contribution in [2.24, 2.45) is 0 Å². The summed E-state index contributed by atoms with van der Waals surface area (Å²) in [7, 11) is -4.11. The van der Waals surface area contributed by atoms with E-state index >= 15 is 0 Å². The van der Waals surface area contributed by atoms with Crippen LogP contribution in [0, 0.1) is 5.82 Å². The second-order valence-electron chi connectivity index (χ2n) is 5.93. The van der Waals surface area contributed by atoms with Gasteiger partial charge in [0.15, 0.2) is 0 Å². The number of sulfone groups is 1. The molecule has 0 saturated heterocycles. The van der Waals surface area contributed by atoms with E-state index in [1.165, 1.54) is 42.5 Å². The molecule has 5 nitrogen and oxygen atoms in total. The molecule has 0 aliphatic heterocycles. The molecule has 0 aliphatic rings. The Bertz CT molecular complexity index is 1070. The summed E-state index contributed by atoms with van der Waals surface area (Å²) >= 11 is 4.06. The highest BCUT2D eigenvalue weighted by molar-refractivity contribution is 7.94. The molecule has 3 rings (SSSR count). The van der Waals surface area contributed by atoms with Crippen LogP contribution in [0.5, 0.6) is 0 Å². The highest BCUT2D eigenvalue weighted by Crippen LogP contribution is 2.33. The molecule has 0 fully saturated rings. The summed E-state index contributed by atoms with van der Waals surface area (Å²) in [6, 6.07) is 10.9. The van der Waals surface area contributed by atoms with Crippen molar-refractivity contribution in [3.63, 3.8) is 0 Å². The molecule has 3 aromatic rings. The van der Waals surface area contributed by atoms with Crippen LogP contribution in [0.1, 0.15) is 13.8 Å². The fraction of sp³-hybridized carbons (Fsp3) is 0.167. The summed E-state index contributed by atoms with van der Waals surface area (Å²) in [4.78, 5) is 3.99. The normalized spacial score (nSPS) is 13.1. The van der Waals surface area contributed by atoms with Gasteiger partial charge in [-0.1, -0.05) is 17.7 Å². The van der Waals surface area contributed by atoms with Gasteiger partial charge in [-0.2, -0.15) is 4.98 Å². The zero-order chi connectivity index (χ0) is 19.8. The molecule has 142 valence electrons. The molecule has 0 amide bonds. The number of benzene rings is 2. The van der Waals surface area contributed by atoms with Crippen molar-refractivity contribution in [1.29, 1.82) is 0 Å². The van der Waals surface area contributed by atoms with E-state index in [1.807, 2.05) is 0 Å². The number of hydrogen-bond acceptors (Lipinski definition) is 5. The van der Waals surface area contributed by atoms with E-state index in [4.69, 9.17) is 16.0 Å². The third kappa shape index (κ3) is 4.03. The molecule has 0 N–H and O–H groups in total. The molecule has 0 bridgehead atoms. The molecule has 0 saturated carbocycles. The van der Waals surface area contributed by atoms with Crippen molar-refractivity contribution in [2.75, 3.05) is 0 Å². The topological polar surface area (TPSA) is 83.2 Å². The summed E-state index contributed by atoms with van der Waals surface area (Å²) in [5.74, 6) is -0.648. The lowest BCUT2D eigenvalue weighted by atomic mass is 10.2. The van der Waals surface area contributed by atoms with E-state index in [0.29, 0.717) is 5.02 Å². The second-order valence-corrected chi connectivity index (χ2v) is 10.1. The average molecular weight is 428 g/mol. The molecular weight excluding hydrogens is 413 g/mol. The first-order valence-electron chi connectivity index (χ1n) is 7.88. The van der Waals surface area contributed by atoms with Crippen molar-refractivity contribution < 1.29 is 21.8 Å². The highest BCUT2D eigenvalue weighted by atomic mass is 35.5. The number of rotatable bonds is 5. The highest BCUT2D eigenvalue weighted by Gasteiger charge is 2.36. The van der Waals surface area contributed by atoms with E-state index in [9.17, 15) is 17.4 Å². The maximum atomic E-state index is 13.5. The Balaban J connectivity index is 2.19. The first-order valence-corrected chi connectivity index (χ1v) is 11.0. The quantitative estimate of drug-likeness (QED) is 0.560. The number of nitrogens with zero attached hydrogens (tertiary/aromatic N) is 1. The van der Waals surface area contributed by atoms with Gasteiger partial charge in [-0.15, -0.1) is 0 Å². The third-order valence-electron chi connectivity index (χ3n) is 3.63. The van der Waals surface area contributed by atoms with Crippen molar-refractivity contribution in [3.05, 3.63) is 59.4 Å². The van der Waals surface area contributed by atoms with Gasteiger partial charge >= 0.3 is 5.09 Å². The predicted molar refractivity (Wildman–Crippen MR) is 100 cm³/mol. The van der Waals surface area contributed by atoms with Crippen molar-refractivity contribution in [3.8, 4) is 11.5 Å². The fourth-order valence-corrected chi connectivity index (χ4v) is 4.96. The summed E-state index contributed by atoms with van der Waals surface area (Å²) in [6.07, 6.45) is 0. The molecular formula is C18H15ClFNO4S2. The van der Waals surface area contributed by atoms with Crippen LogP contribution < -0.4 is 0 Å². The Morgan fingerprint density at radius 2 is 1.85 bits per heavy atom. The summed E-state index contributed by atoms with van der Waals surface area (Å²) in [6.45, 7) is 3.33. The molecule has 1 aromatic heterocycles. The van der Waals surface area contributed by atoms with Crippen LogP contribution in [0.3, 0.4) is 0 Å². The van der Waals surface area contributed by atoms with E-state index < -0.39 is 37.1 Å². The van der Waals surface area contributed by atoms with Crippen molar-refractivity contribution in [1.82, 2.24) is 4.98 Å². The predicted octanol–water partition coefficient (Wildman–Crippen LogP) is 4.48. The largest absolute Gasteiger partial charge is 0.609 e. The maximum absolute atomic E-state index is 13.5. The molecule has 0 spiro atoms. The molecule has 1 heterocycles. The molecule has 27 heavy (non-hydrogen) atoms. The number of hydrogen-bond donors (Lipinski definition) is 0. The lowest BCUT2D eigenvalue weighted by Crippen LogP contribution is -2.17. The molecule has 1 unspecified atom stereocenters. The zero-order valence-corrected chi connectivity index (χ0v) is 16.7. The SMILES string of the molecule is CC(C)[S+]([O-])c1oc(-c2cccc(F)c2)nc1S(=O)(=O)c1ccc(Cl)cc1. The fourth-order valence-electron chi connectivity index (χ4n) is 2.27. The Morgan fingerprint density at radius 3 is 2.44 bits per heavy atom. The number of oxazole rings is 1. The van der Waals surface area contributed by atoms with Gasteiger partial charge in [0.25, 0.3) is 5.03 Å². The molecule has 0 aliphatic carbocycles. The molecule has 0 radical (unpaired) electrons. The van der Waals surface area contributed by atoms with Crippen LogP contribution in [0.15, 0.2) is 68.0 Å². The zero-order valence-electron chi connectivity index (χ0n) is 14.3. The van der Waals surface area contributed by atoms with Gasteiger partial charge in [-0.3, -0.25) is 0 Å². The number of aromatic nitrogens is 1. The lowest BCUT2D eigenvalue weighted by Gasteiger charge is -2.11.